The number of amides is 1. The van der Waals surface area contributed by atoms with Crippen LogP contribution in [-0.4, -0.2) is 54.8 Å². The number of hydrogen-bond acceptors (Lipinski definition) is 5. The van der Waals surface area contributed by atoms with Gasteiger partial charge in [0.2, 0.25) is 0 Å². The topological polar surface area (TPSA) is 67.9 Å². The van der Waals surface area contributed by atoms with Gasteiger partial charge in [-0.25, -0.2) is 4.79 Å². The molecule has 1 fully saturated rings. The highest BCUT2D eigenvalue weighted by atomic mass is 16.6. The van der Waals surface area contributed by atoms with E-state index in [9.17, 15) is 9.59 Å². The number of piperidine rings is 1. The molecule has 0 radical (unpaired) electrons. The monoisotopic (exact) mass is 328 g/mol. The second kappa shape index (κ2) is 8.52. The zero-order valence-electron chi connectivity index (χ0n) is 15.3. The molecule has 1 N–H and O–H groups in total. The largest absolute Gasteiger partial charge is 0.466 e. The van der Waals surface area contributed by atoms with Gasteiger partial charge in [-0.05, 0) is 46.6 Å². The first-order valence-corrected chi connectivity index (χ1v) is 8.52. The molecule has 1 rings (SSSR count). The zero-order chi connectivity index (χ0) is 17.6. The number of carbonyl (C=O) groups excluding carboxylic acids is 2. The van der Waals surface area contributed by atoms with Crippen molar-refractivity contribution in [1.29, 1.82) is 0 Å². The van der Waals surface area contributed by atoms with Gasteiger partial charge in [-0.15, -0.1) is 0 Å². The maximum Gasteiger partial charge on any atom is 0.410 e. The van der Waals surface area contributed by atoms with Gasteiger partial charge in [-0.3, -0.25) is 4.79 Å². The molecule has 0 spiro atoms. The number of nitrogens with zero attached hydrogens (tertiary/aromatic N) is 1. The second-order valence-corrected chi connectivity index (χ2v) is 7.48. The fraction of sp³-hybridized carbons (Fsp3) is 0.882. The van der Waals surface area contributed by atoms with E-state index in [1.165, 1.54) is 0 Å². The Morgan fingerprint density at radius 2 is 1.96 bits per heavy atom. The van der Waals surface area contributed by atoms with E-state index in [0.717, 1.165) is 13.0 Å². The molecule has 1 aliphatic heterocycles. The van der Waals surface area contributed by atoms with Crippen molar-refractivity contribution in [3.63, 3.8) is 0 Å². The molecule has 2 unspecified atom stereocenters. The van der Waals surface area contributed by atoms with E-state index in [2.05, 4.69) is 19.2 Å². The summed E-state index contributed by atoms with van der Waals surface area (Å²) in [6, 6.07) is 0.0372. The molecule has 0 aromatic heterocycles. The van der Waals surface area contributed by atoms with Crippen LogP contribution >= 0.6 is 0 Å². The molecule has 1 saturated heterocycles. The third-order valence-corrected chi connectivity index (χ3v) is 3.64. The summed E-state index contributed by atoms with van der Waals surface area (Å²) >= 11 is 0. The Bertz CT molecular complexity index is 404. The molecule has 0 bridgehead atoms. The standard InChI is InChI=1S/C17H32N2O4/c1-7-22-15(20)13-11-19(16(21)23-17(4,5)6)9-8-14(13)18-10-12(2)3/h12-14,18H,7-11H2,1-6H3. The van der Waals surface area contributed by atoms with E-state index in [-0.39, 0.29) is 24.0 Å². The van der Waals surface area contributed by atoms with Gasteiger partial charge >= 0.3 is 12.1 Å². The number of nitrogens with one attached hydrogen (secondary N) is 1. The summed E-state index contributed by atoms with van der Waals surface area (Å²) in [5, 5.41) is 3.44. The van der Waals surface area contributed by atoms with E-state index >= 15 is 0 Å². The molecule has 2 atom stereocenters. The number of hydrogen-bond donors (Lipinski definition) is 1. The Kier molecular flexibility index (Phi) is 7.32. The SMILES string of the molecule is CCOC(=O)C1CN(C(=O)OC(C)(C)C)CCC1NCC(C)C. The predicted molar refractivity (Wildman–Crippen MR) is 89.2 cm³/mol. The van der Waals surface area contributed by atoms with E-state index in [4.69, 9.17) is 9.47 Å². The molecule has 0 aromatic rings. The third kappa shape index (κ3) is 6.77. The molecule has 1 amide bonds. The lowest BCUT2D eigenvalue weighted by molar-refractivity contribution is -0.150. The van der Waals surface area contributed by atoms with Crippen LogP contribution in [0.15, 0.2) is 0 Å². The van der Waals surface area contributed by atoms with Crippen LogP contribution in [0.2, 0.25) is 0 Å². The summed E-state index contributed by atoms with van der Waals surface area (Å²) in [7, 11) is 0. The summed E-state index contributed by atoms with van der Waals surface area (Å²) in [6.07, 6.45) is 0.351. The molecule has 0 aromatic carbocycles. The minimum Gasteiger partial charge on any atom is -0.466 e. The van der Waals surface area contributed by atoms with Gasteiger partial charge < -0.3 is 19.7 Å². The zero-order valence-corrected chi connectivity index (χ0v) is 15.3. The van der Waals surface area contributed by atoms with Crippen LogP contribution in [0.5, 0.6) is 0 Å². The van der Waals surface area contributed by atoms with Crippen molar-refractivity contribution in [3.05, 3.63) is 0 Å². The second-order valence-electron chi connectivity index (χ2n) is 7.48. The maximum atomic E-state index is 12.3. The van der Waals surface area contributed by atoms with Crippen molar-refractivity contribution >= 4 is 12.1 Å². The van der Waals surface area contributed by atoms with E-state index in [1.807, 2.05) is 20.8 Å². The van der Waals surface area contributed by atoms with Crippen molar-refractivity contribution < 1.29 is 19.1 Å². The van der Waals surface area contributed by atoms with Crippen LogP contribution in [0, 0.1) is 11.8 Å². The van der Waals surface area contributed by atoms with Gasteiger partial charge in [0.1, 0.15) is 5.60 Å². The van der Waals surface area contributed by atoms with Gasteiger partial charge in [-0.1, -0.05) is 13.8 Å². The van der Waals surface area contributed by atoms with Crippen LogP contribution in [0.25, 0.3) is 0 Å². The van der Waals surface area contributed by atoms with Crippen molar-refractivity contribution in [3.8, 4) is 0 Å². The van der Waals surface area contributed by atoms with Crippen LogP contribution in [-0.2, 0) is 14.3 Å². The first kappa shape index (κ1) is 19.7. The Hall–Kier alpha value is -1.30. The number of rotatable bonds is 5. The molecule has 0 aliphatic carbocycles. The first-order chi connectivity index (χ1) is 10.6. The summed E-state index contributed by atoms with van der Waals surface area (Å²) < 4.78 is 10.6. The molecule has 23 heavy (non-hydrogen) atoms. The Balaban J connectivity index is 2.73. The predicted octanol–water partition coefficient (Wildman–Crippen LogP) is 2.42. The summed E-state index contributed by atoms with van der Waals surface area (Å²) in [4.78, 5) is 26.1. The number of ether oxygens (including phenoxy) is 2. The van der Waals surface area contributed by atoms with Gasteiger partial charge in [-0.2, -0.15) is 0 Å². The fourth-order valence-corrected chi connectivity index (χ4v) is 2.56. The molecule has 6 heteroatoms. The third-order valence-electron chi connectivity index (χ3n) is 3.64. The van der Waals surface area contributed by atoms with E-state index in [0.29, 0.717) is 25.6 Å². The summed E-state index contributed by atoms with van der Waals surface area (Å²) in [6.45, 7) is 13.7. The molecule has 0 saturated carbocycles. The average Bonchev–Trinajstić information content (AvgIpc) is 2.43. The normalized spacial score (nSPS) is 22.1. The van der Waals surface area contributed by atoms with Crippen LogP contribution in [0.3, 0.4) is 0 Å². The molecular formula is C17H32N2O4. The first-order valence-electron chi connectivity index (χ1n) is 8.52. The summed E-state index contributed by atoms with van der Waals surface area (Å²) in [5.74, 6) is -0.0984. The minimum atomic E-state index is -0.538. The lowest BCUT2D eigenvalue weighted by Crippen LogP contribution is -2.55. The molecule has 1 aliphatic rings. The highest BCUT2D eigenvalue weighted by Crippen LogP contribution is 2.21. The minimum absolute atomic E-state index is 0.0372. The lowest BCUT2D eigenvalue weighted by Gasteiger charge is -2.38. The molecular weight excluding hydrogens is 296 g/mol. The van der Waals surface area contributed by atoms with Crippen LogP contribution in [0.4, 0.5) is 4.79 Å². The summed E-state index contributed by atoms with van der Waals surface area (Å²) in [5.41, 5.74) is -0.538. The highest BCUT2D eigenvalue weighted by molar-refractivity contribution is 5.75. The lowest BCUT2D eigenvalue weighted by atomic mass is 9.92. The van der Waals surface area contributed by atoms with Crippen molar-refractivity contribution in [2.24, 2.45) is 11.8 Å². The van der Waals surface area contributed by atoms with E-state index in [1.54, 1.807) is 11.8 Å². The van der Waals surface area contributed by atoms with Gasteiger partial charge in [0.25, 0.3) is 0 Å². The number of esters is 1. The van der Waals surface area contributed by atoms with Gasteiger partial charge in [0.05, 0.1) is 12.5 Å². The molecule has 6 nitrogen and oxygen atoms in total. The fourth-order valence-electron chi connectivity index (χ4n) is 2.56. The average molecular weight is 328 g/mol. The Labute approximate surface area is 139 Å². The number of likely N-dealkylation sites (tertiary alicyclic amines) is 1. The van der Waals surface area contributed by atoms with Crippen molar-refractivity contribution in [2.75, 3.05) is 26.2 Å². The van der Waals surface area contributed by atoms with Crippen LogP contribution < -0.4 is 5.32 Å². The maximum absolute atomic E-state index is 12.3. The smallest absolute Gasteiger partial charge is 0.410 e. The Morgan fingerprint density at radius 1 is 1.30 bits per heavy atom. The highest BCUT2D eigenvalue weighted by Gasteiger charge is 2.38. The number of carbonyl (C=O) groups is 2. The van der Waals surface area contributed by atoms with Crippen LogP contribution in [0.1, 0.15) is 48.0 Å². The van der Waals surface area contributed by atoms with Crippen molar-refractivity contribution in [2.45, 2.75) is 59.6 Å². The van der Waals surface area contributed by atoms with Gasteiger partial charge in [0.15, 0.2) is 0 Å². The molecule has 134 valence electrons. The van der Waals surface area contributed by atoms with E-state index < -0.39 is 5.60 Å². The Morgan fingerprint density at radius 3 is 2.48 bits per heavy atom. The quantitative estimate of drug-likeness (QED) is 0.785. The van der Waals surface area contributed by atoms with Crippen molar-refractivity contribution in [1.82, 2.24) is 10.2 Å². The van der Waals surface area contributed by atoms with Gasteiger partial charge in [0, 0.05) is 19.1 Å². The molecule has 1 heterocycles.